The molecular formula is C13H22N7O+. The number of nitrogens with one attached hydrogen (secondary N) is 2. The summed E-state index contributed by atoms with van der Waals surface area (Å²) in [5.41, 5.74) is 10.0. The van der Waals surface area contributed by atoms with E-state index in [1.54, 1.807) is 0 Å². The quantitative estimate of drug-likeness (QED) is 0.187. The monoisotopic (exact) mass is 292 g/mol. The summed E-state index contributed by atoms with van der Waals surface area (Å²) in [4.78, 5) is 20.2. The van der Waals surface area contributed by atoms with Crippen molar-refractivity contribution in [1.29, 1.82) is 0 Å². The number of carbonyl (C=O) groups is 1. The Hall–Kier alpha value is -2.22. The highest BCUT2D eigenvalue weighted by atomic mass is 16.2. The highest BCUT2D eigenvalue weighted by Gasteiger charge is 2.26. The highest BCUT2D eigenvalue weighted by molar-refractivity contribution is 5.86. The summed E-state index contributed by atoms with van der Waals surface area (Å²) >= 11 is 0. The molecule has 21 heavy (non-hydrogen) atoms. The molecule has 0 saturated carbocycles. The standard InChI is InChI=1S/C13H21N7O/c1-8-6-9(2)17-13(16-8)18-12(14)20-5-3-4-10(7-20)11(21)19-15/h6,10H,3-5,7,15H2,1-2H3,(H3,14,16,17,18,19,21)/p+1/t10-/m1/s1. The zero-order valence-corrected chi connectivity index (χ0v) is 12.4. The van der Waals surface area contributed by atoms with Crippen molar-refractivity contribution < 1.29 is 9.37 Å². The fourth-order valence-corrected chi connectivity index (χ4v) is 2.50. The lowest BCUT2D eigenvalue weighted by atomic mass is 9.98. The van der Waals surface area contributed by atoms with Crippen molar-refractivity contribution in [2.75, 3.05) is 18.4 Å². The predicted molar refractivity (Wildman–Crippen MR) is 79.4 cm³/mol. The lowest BCUT2D eigenvalue weighted by molar-refractivity contribution is -0.543. The smallest absolute Gasteiger partial charge is 0.294 e. The minimum Gasteiger partial charge on any atom is -0.294 e. The molecule has 1 aromatic heterocycles. The van der Waals surface area contributed by atoms with Gasteiger partial charge in [0.1, 0.15) is 0 Å². The first kappa shape index (κ1) is 15.2. The molecule has 1 amide bonds. The van der Waals surface area contributed by atoms with E-state index < -0.39 is 0 Å². The number of carbonyl (C=O) groups excluding carboxylic acids is 1. The first-order chi connectivity index (χ1) is 9.99. The summed E-state index contributed by atoms with van der Waals surface area (Å²) < 4.78 is 1.92. The van der Waals surface area contributed by atoms with Gasteiger partial charge in [-0.05, 0) is 32.8 Å². The van der Waals surface area contributed by atoms with Crippen molar-refractivity contribution >= 4 is 17.8 Å². The second-order valence-corrected chi connectivity index (χ2v) is 5.28. The van der Waals surface area contributed by atoms with Gasteiger partial charge in [0, 0.05) is 11.4 Å². The molecule has 2 heterocycles. The maximum Gasteiger partial charge on any atom is 0.350 e. The molecule has 1 aliphatic heterocycles. The van der Waals surface area contributed by atoms with E-state index >= 15 is 0 Å². The van der Waals surface area contributed by atoms with Gasteiger partial charge in [0.25, 0.3) is 5.95 Å². The van der Waals surface area contributed by atoms with E-state index in [1.807, 2.05) is 24.5 Å². The van der Waals surface area contributed by atoms with E-state index in [1.165, 1.54) is 0 Å². The van der Waals surface area contributed by atoms with E-state index in [4.69, 9.17) is 11.6 Å². The van der Waals surface area contributed by atoms with Gasteiger partial charge < -0.3 is 0 Å². The molecule has 2 rings (SSSR count). The summed E-state index contributed by atoms with van der Waals surface area (Å²) in [7, 11) is 0. The number of hydrazine groups is 1. The van der Waals surface area contributed by atoms with Gasteiger partial charge in [-0.25, -0.2) is 21.1 Å². The van der Waals surface area contributed by atoms with Crippen LogP contribution < -0.4 is 22.3 Å². The Labute approximate surface area is 123 Å². The molecule has 1 fully saturated rings. The van der Waals surface area contributed by atoms with Crippen molar-refractivity contribution in [3.8, 4) is 0 Å². The first-order valence-corrected chi connectivity index (χ1v) is 6.96. The zero-order valence-electron chi connectivity index (χ0n) is 12.4. The van der Waals surface area contributed by atoms with Crippen LogP contribution in [0.3, 0.4) is 0 Å². The van der Waals surface area contributed by atoms with Crippen LogP contribution in [0.4, 0.5) is 5.95 Å². The van der Waals surface area contributed by atoms with E-state index in [0.717, 1.165) is 30.8 Å². The molecule has 0 radical (unpaired) electrons. The third kappa shape index (κ3) is 3.88. The van der Waals surface area contributed by atoms with E-state index in [-0.39, 0.29) is 11.8 Å². The Morgan fingerprint density at radius 2 is 2.05 bits per heavy atom. The van der Waals surface area contributed by atoms with Crippen molar-refractivity contribution in [2.24, 2.45) is 17.5 Å². The summed E-state index contributed by atoms with van der Waals surface area (Å²) in [5.74, 6) is 5.80. The van der Waals surface area contributed by atoms with Crippen molar-refractivity contribution in [1.82, 2.24) is 15.4 Å². The molecule has 0 aliphatic carbocycles. The van der Waals surface area contributed by atoms with Crippen molar-refractivity contribution in [2.45, 2.75) is 26.7 Å². The second-order valence-electron chi connectivity index (χ2n) is 5.28. The Kier molecular flexibility index (Phi) is 4.69. The zero-order chi connectivity index (χ0) is 15.4. The number of piperidine rings is 1. The number of anilines is 1. The van der Waals surface area contributed by atoms with Crippen LogP contribution in [0.5, 0.6) is 0 Å². The number of nitrogens with zero attached hydrogens (tertiary/aromatic N) is 3. The third-order valence-electron chi connectivity index (χ3n) is 3.50. The summed E-state index contributed by atoms with van der Waals surface area (Å²) in [6, 6.07) is 1.89. The minimum absolute atomic E-state index is 0.149. The van der Waals surface area contributed by atoms with Crippen LogP contribution in [0.2, 0.25) is 0 Å². The largest absolute Gasteiger partial charge is 0.350 e. The maximum absolute atomic E-state index is 11.6. The predicted octanol–water partition coefficient (Wildman–Crippen LogP) is -0.768. The van der Waals surface area contributed by atoms with E-state index in [0.29, 0.717) is 18.5 Å². The molecule has 0 unspecified atom stereocenters. The number of aromatic nitrogens is 2. The number of aryl methyl sites for hydroxylation is 2. The molecule has 114 valence electrons. The van der Waals surface area contributed by atoms with Gasteiger partial charge >= 0.3 is 5.96 Å². The van der Waals surface area contributed by atoms with Gasteiger partial charge in [0.05, 0.1) is 19.0 Å². The molecule has 6 N–H and O–H groups in total. The van der Waals surface area contributed by atoms with Gasteiger partial charge in [-0.15, -0.1) is 0 Å². The van der Waals surface area contributed by atoms with Crippen LogP contribution in [0.25, 0.3) is 0 Å². The average Bonchev–Trinajstić information content (AvgIpc) is 2.45. The first-order valence-electron chi connectivity index (χ1n) is 6.96. The number of hydrogen-bond acceptors (Lipinski definition) is 4. The molecule has 1 aromatic rings. The maximum atomic E-state index is 11.6. The lowest BCUT2D eigenvalue weighted by Gasteiger charge is -2.23. The van der Waals surface area contributed by atoms with Crippen LogP contribution in [0.15, 0.2) is 6.07 Å². The summed E-state index contributed by atoms with van der Waals surface area (Å²) in [5, 5.41) is 3.01. The molecule has 8 nitrogen and oxygen atoms in total. The SMILES string of the molecule is Cc1cc(C)nc(NC(N)=[N+]2CCC[C@@H](C(=O)NN)C2)n1. The Morgan fingerprint density at radius 1 is 1.38 bits per heavy atom. The number of amides is 1. The van der Waals surface area contributed by atoms with Gasteiger partial charge in [0.2, 0.25) is 5.91 Å². The molecule has 0 bridgehead atoms. The normalized spacial score (nSPS) is 20.8. The van der Waals surface area contributed by atoms with Gasteiger partial charge in [-0.3, -0.25) is 20.5 Å². The van der Waals surface area contributed by atoms with Gasteiger partial charge in [0.15, 0.2) is 0 Å². The van der Waals surface area contributed by atoms with Gasteiger partial charge in [-0.2, -0.15) is 0 Å². The lowest BCUT2D eigenvalue weighted by Crippen LogP contribution is -2.46. The fraction of sp³-hybridized carbons (Fsp3) is 0.538. The van der Waals surface area contributed by atoms with Crippen LogP contribution in [-0.2, 0) is 4.79 Å². The third-order valence-corrected chi connectivity index (χ3v) is 3.50. The summed E-state index contributed by atoms with van der Waals surface area (Å²) in [6.07, 6.45) is 1.70. The molecule has 1 aliphatic rings. The Bertz CT molecular complexity index is 549. The average molecular weight is 292 g/mol. The van der Waals surface area contributed by atoms with E-state index in [9.17, 15) is 4.79 Å². The number of rotatable bonds is 2. The molecule has 1 atom stereocenters. The van der Waals surface area contributed by atoms with Crippen LogP contribution in [0, 0.1) is 19.8 Å². The molecule has 0 aromatic carbocycles. The molecule has 0 spiro atoms. The van der Waals surface area contributed by atoms with Crippen molar-refractivity contribution in [3.63, 3.8) is 0 Å². The molecule has 8 heteroatoms. The number of nitrogens with two attached hydrogens (primary N) is 2. The molecular weight excluding hydrogens is 270 g/mol. The topological polar surface area (TPSA) is 122 Å². The van der Waals surface area contributed by atoms with Crippen molar-refractivity contribution in [3.05, 3.63) is 17.5 Å². The minimum atomic E-state index is -0.157. The van der Waals surface area contributed by atoms with Crippen LogP contribution >= 0.6 is 0 Å². The van der Waals surface area contributed by atoms with Crippen LogP contribution in [0.1, 0.15) is 24.2 Å². The van der Waals surface area contributed by atoms with Gasteiger partial charge in [-0.1, -0.05) is 0 Å². The van der Waals surface area contributed by atoms with E-state index in [2.05, 4.69) is 20.7 Å². The highest BCUT2D eigenvalue weighted by Crippen LogP contribution is 2.13. The Balaban J connectivity index is 2.13. The second kappa shape index (κ2) is 6.49. The van der Waals surface area contributed by atoms with Crippen LogP contribution in [-0.4, -0.2) is 39.5 Å². The molecule has 1 saturated heterocycles. The number of hydrogen-bond donors (Lipinski definition) is 4. The Morgan fingerprint density at radius 3 is 2.67 bits per heavy atom. The fourth-order valence-electron chi connectivity index (χ4n) is 2.50. The number of guanidine groups is 1. The summed E-state index contributed by atoms with van der Waals surface area (Å²) in [6.45, 7) is 5.13.